The van der Waals surface area contributed by atoms with Crippen LogP contribution in [0.4, 0.5) is 0 Å². The van der Waals surface area contributed by atoms with Crippen LogP contribution in [-0.2, 0) is 37.4 Å². The van der Waals surface area contributed by atoms with E-state index in [0.29, 0.717) is 23.9 Å². The Morgan fingerprint density at radius 2 is 1.88 bits per heavy atom. The molecule has 0 amide bonds. The molecular formula is C37H39ClN5O2PS2. The number of hydrogen-bond donors (Lipinski definition) is 0. The normalized spacial score (nSPS) is 14.5. The summed E-state index contributed by atoms with van der Waals surface area (Å²) in [5.74, 6) is 3.19. The monoisotopic (exact) mass is 715 g/mol. The largest absolute Gasteiger partial charge is 0.493 e. The molecule has 0 fully saturated rings. The summed E-state index contributed by atoms with van der Waals surface area (Å²) >= 11 is 10.7. The number of carbonyl (C=O) groups is 1. The molecule has 1 unspecified atom stereocenters. The molecule has 3 aromatic carbocycles. The van der Waals surface area contributed by atoms with Gasteiger partial charge >= 0.3 is 0 Å². The second-order valence-electron chi connectivity index (χ2n) is 12.1. The second-order valence-corrected chi connectivity index (χ2v) is 15.5. The lowest BCUT2D eigenvalue weighted by Gasteiger charge is -2.14. The average molecular weight is 716 g/mol. The van der Waals surface area contributed by atoms with Crippen LogP contribution in [-0.4, -0.2) is 42.9 Å². The summed E-state index contributed by atoms with van der Waals surface area (Å²) in [7, 11) is 2.14. The van der Waals surface area contributed by atoms with Crippen molar-refractivity contribution in [2.45, 2.75) is 62.4 Å². The molecule has 1 aliphatic heterocycles. The topological polar surface area (TPSA) is 66.9 Å². The van der Waals surface area contributed by atoms with Gasteiger partial charge in [-0.15, -0.1) is 23.5 Å². The maximum atomic E-state index is 13.6. The van der Waals surface area contributed by atoms with Gasteiger partial charge in [-0.25, -0.2) is 0 Å². The van der Waals surface area contributed by atoms with Crippen molar-refractivity contribution in [3.8, 4) is 16.9 Å². The summed E-state index contributed by atoms with van der Waals surface area (Å²) in [6.45, 7) is 10.3. The Kier molecular flexibility index (Phi) is 9.67. The SMILES string of the molecule is CCn1nc2cc1CSc1cc(c3ccccc3c1)OCCCn1c(C(=O)PC)c(C)c3c(c(Cl)ccc31)-c1c(nn(C)c1C)CSC2. The number of rotatable bonds is 3. The minimum absolute atomic E-state index is 0.154. The van der Waals surface area contributed by atoms with Crippen molar-refractivity contribution >= 4 is 70.9 Å². The molecule has 0 radical (unpaired) electrons. The van der Waals surface area contributed by atoms with Crippen LogP contribution in [0.3, 0.4) is 0 Å². The van der Waals surface area contributed by atoms with Gasteiger partial charge in [-0.1, -0.05) is 35.9 Å². The molecule has 1 atom stereocenters. The molecule has 0 saturated heterocycles. The van der Waals surface area contributed by atoms with Crippen molar-refractivity contribution < 1.29 is 9.53 Å². The Balaban J connectivity index is 1.37. The standard InChI is InChI=1S/C37H39ClN5O2PS2/c1-6-43-26-17-25(39-43)19-47-21-30-34(23(3)41(4)40-30)35-29(38)12-13-31-33(35)22(2)36(37(44)46-5)42(31)14-9-15-45-32-18-27(48-20-26)16-24-10-7-8-11-28(24)32/h7-8,10-13,16-18,46H,6,9,14-15,19-21H2,1-5H3. The summed E-state index contributed by atoms with van der Waals surface area (Å²) < 4.78 is 12.8. The zero-order valence-electron chi connectivity index (χ0n) is 27.9. The fraction of sp³-hybridized carbons (Fsp3) is 0.324. The van der Waals surface area contributed by atoms with Gasteiger partial charge in [0.1, 0.15) is 5.75 Å². The van der Waals surface area contributed by atoms with Gasteiger partial charge < -0.3 is 9.30 Å². The Labute approximate surface area is 296 Å². The third kappa shape index (κ3) is 6.08. The van der Waals surface area contributed by atoms with E-state index in [2.05, 4.69) is 78.6 Å². The summed E-state index contributed by atoms with van der Waals surface area (Å²) in [4.78, 5) is 14.7. The maximum absolute atomic E-state index is 13.6. The number of aromatic nitrogens is 5. The van der Waals surface area contributed by atoms with Crippen LogP contribution in [0.1, 0.15) is 52.2 Å². The number of fused-ring (bicyclic) bond motifs is 8. The molecule has 8 bridgehead atoms. The van der Waals surface area contributed by atoms with Crippen molar-refractivity contribution in [2.75, 3.05) is 13.3 Å². The Morgan fingerprint density at radius 3 is 2.69 bits per heavy atom. The van der Waals surface area contributed by atoms with E-state index >= 15 is 0 Å². The number of hydrogen-bond acceptors (Lipinski definition) is 6. The number of thioether (sulfide) groups is 2. The predicted octanol–water partition coefficient (Wildman–Crippen LogP) is 9.64. The maximum Gasteiger partial charge on any atom is 0.197 e. The lowest BCUT2D eigenvalue weighted by Crippen LogP contribution is -2.10. The highest BCUT2D eigenvalue weighted by Gasteiger charge is 2.27. The first-order valence-electron chi connectivity index (χ1n) is 16.3. The lowest BCUT2D eigenvalue weighted by molar-refractivity contribution is 0.107. The van der Waals surface area contributed by atoms with Crippen LogP contribution in [0.25, 0.3) is 32.8 Å². The van der Waals surface area contributed by atoms with Gasteiger partial charge in [0.15, 0.2) is 5.52 Å². The molecule has 48 heavy (non-hydrogen) atoms. The lowest BCUT2D eigenvalue weighted by atomic mass is 9.97. The van der Waals surface area contributed by atoms with Crippen LogP contribution in [0.2, 0.25) is 5.02 Å². The minimum atomic E-state index is 0.154. The van der Waals surface area contributed by atoms with Gasteiger partial charge in [0.25, 0.3) is 0 Å². The smallest absolute Gasteiger partial charge is 0.197 e. The molecule has 7 rings (SSSR count). The van der Waals surface area contributed by atoms with E-state index in [-0.39, 0.29) is 14.1 Å². The number of benzene rings is 3. The van der Waals surface area contributed by atoms with Gasteiger partial charge in [-0.3, -0.25) is 14.2 Å². The first-order valence-corrected chi connectivity index (χ1v) is 20.3. The van der Waals surface area contributed by atoms with Crippen molar-refractivity contribution in [1.29, 1.82) is 0 Å². The molecule has 3 aromatic heterocycles. The summed E-state index contributed by atoms with van der Waals surface area (Å²) in [6, 6.07) is 19.1. The van der Waals surface area contributed by atoms with E-state index in [1.165, 1.54) is 10.6 Å². The van der Waals surface area contributed by atoms with E-state index < -0.39 is 0 Å². The molecule has 6 aromatic rings. The van der Waals surface area contributed by atoms with Gasteiger partial charge in [-0.2, -0.15) is 10.2 Å². The number of halogens is 1. The van der Waals surface area contributed by atoms with E-state index in [1.807, 2.05) is 48.0 Å². The van der Waals surface area contributed by atoms with E-state index in [4.69, 9.17) is 26.5 Å². The molecule has 0 N–H and O–H groups in total. The molecule has 0 saturated carbocycles. The Morgan fingerprint density at radius 1 is 1.04 bits per heavy atom. The fourth-order valence-electron chi connectivity index (χ4n) is 6.84. The predicted molar refractivity (Wildman–Crippen MR) is 204 cm³/mol. The molecular weight excluding hydrogens is 677 g/mol. The summed E-state index contributed by atoms with van der Waals surface area (Å²) in [5.41, 5.74) is 9.23. The number of nitrogens with zero attached hydrogens (tertiary/aromatic N) is 5. The number of ether oxygens (including phenoxy) is 1. The molecule has 1 aliphatic rings. The Hall–Kier alpha value is -3.23. The first kappa shape index (κ1) is 33.3. The molecule has 7 nitrogen and oxygen atoms in total. The van der Waals surface area contributed by atoms with Crippen molar-refractivity contribution in [2.24, 2.45) is 7.05 Å². The van der Waals surface area contributed by atoms with Crippen LogP contribution >= 0.6 is 43.7 Å². The molecule has 4 heterocycles. The summed E-state index contributed by atoms with van der Waals surface area (Å²) in [5, 5.41) is 13.9. The molecule has 0 spiro atoms. The zero-order valence-corrected chi connectivity index (χ0v) is 31.3. The fourth-order valence-corrected chi connectivity index (χ4v) is 9.45. The number of aryl methyl sites for hydroxylation is 4. The minimum Gasteiger partial charge on any atom is -0.493 e. The second kappa shape index (κ2) is 13.9. The average Bonchev–Trinajstić information content (AvgIpc) is 3.71. The van der Waals surface area contributed by atoms with E-state index in [9.17, 15) is 4.79 Å². The highest BCUT2D eigenvalue weighted by molar-refractivity contribution is 7.98. The number of carbonyl (C=O) groups excluding carboxylic acids is 1. The van der Waals surface area contributed by atoms with E-state index in [1.54, 1.807) is 0 Å². The third-order valence-corrected chi connectivity index (χ3v) is 12.2. The van der Waals surface area contributed by atoms with Gasteiger partial charge in [-0.05, 0) is 83.7 Å². The molecule has 248 valence electrons. The summed E-state index contributed by atoms with van der Waals surface area (Å²) in [6.07, 6.45) is 0.742. The Bertz CT molecular complexity index is 2190. The van der Waals surface area contributed by atoms with Gasteiger partial charge in [0, 0.05) is 86.1 Å². The van der Waals surface area contributed by atoms with E-state index in [0.717, 1.165) is 91.4 Å². The molecule has 0 aliphatic carbocycles. The van der Waals surface area contributed by atoms with Crippen molar-refractivity contribution in [3.05, 3.63) is 93.7 Å². The quantitative estimate of drug-likeness (QED) is 0.170. The van der Waals surface area contributed by atoms with Crippen molar-refractivity contribution in [1.82, 2.24) is 24.1 Å². The first-order chi connectivity index (χ1) is 23.3. The molecule has 11 heteroatoms. The van der Waals surface area contributed by atoms with Gasteiger partial charge in [0.05, 0.1) is 23.7 Å². The highest BCUT2D eigenvalue weighted by atomic mass is 35.5. The third-order valence-electron chi connectivity index (χ3n) is 9.19. The van der Waals surface area contributed by atoms with Crippen LogP contribution in [0, 0.1) is 13.8 Å². The highest BCUT2D eigenvalue weighted by Crippen LogP contribution is 2.44. The zero-order chi connectivity index (χ0) is 33.5. The van der Waals surface area contributed by atoms with Crippen LogP contribution < -0.4 is 4.74 Å². The van der Waals surface area contributed by atoms with Crippen LogP contribution in [0.15, 0.2) is 59.5 Å². The van der Waals surface area contributed by atoms with Crippen LogP contribution in [0.5, 0.6) is 5.75 Å². The van der Waals surface area contributed by atoms with Gasteiger partial charge in [0.2, 0.25) is 0 Å². The van der Waals surface area contributed by atoms with Crippen molar-refractivity contribution in [3.63, 3.8) is 0 Å².